The zero-order valence-electron chi connectivity index (χ0n) is 12.1. The van der Waals surface area contributed by atoms with E-state index in [0.29, 0.717) is 11.1 Å². The number of carbonyl (C=O) groups is 1. The predicted octanol–water partition coefficient (Wildman–Crippen LogP) is 1.52. The molecule has 5 heteroatoms. The molecule has 1 atom stereocenters. The Morgan fingerprint density at radius 1 is 1.52 bits per heavy atom. The van der Waals surface area contributed by atoms with Gasteiger partial charge in [-0.2, -0.15) is 5.10 Å². The van der Waals surface area contributed by atoms with Gasteiger partial charge in [-0.1, -0.05) is 17.9 Å². The Morgan fingerprint density at radius 2 is 2.33 bits per heavy atom. The molecule has 2 rings (SSSR count). The van der Waals surface area contributed by atoms with Crippen LogP contribution in [-0.2, 0) is 0 Å². The molecule has 0 saturated heterocycles. The fourth-order valence-corrected chi connectivity index (χ4v) is 1.96. The fourth-order valence-electron chi connectivity index (χ4n) is 1.96. The summed E-state index contributed by atoms with van der Waals surface area (Å²) in [5.41, 5.74) is 8.62. The van der Waals surface area contributed by atoms with Crippen LogP contribution in [0.2, 0.25) is 0 Å². The van der Waals surface area contributed by atoms with E-state index in [1.807, 2.05) is 26.0 Å². The highest BCUT2D eigenvalue weighted by Gasteiger charge is 2.14. The van der Waals surface area contributed by atoms with Crippen LogP contribution in [0.5, 0.6) is 0 Å². The maximum atomic E-state index is 12.4. The minimum Gasteiger partial charge on any atom is -0.345 e. The lowest BCUT2D eigenvalue weighted by molar-refractivity contribution is 0.0939. The average molecular weight is 282 g/mol. The number of nitrogens with zero attached hydrogens (tertiary/aromatic N) is 1. The number of aryl methyl sites for hydroxylation is 1. The summed E-state index contributed by atoms with van der Waals surface area (Å²) in [6.07, 6.45) is 3.45. The van der Waals surface area contributed by atoms with Crippen LogP contribution in [0.3, 0.4) is 0 Å². The van der Waals surface area contributed by atoms with Gasteiger partial charge in [-0.15, -0.1) is 0 Å². The molecule has 5 nitrogen and oxygen atoms in total. The van der Waals surface area contributed by atoms with Gasteiger partial charge in [0.15, 0.2) is 0 Å². The smallest absolute Gasteiger partial charge is 0.253 e. The second-order valence-electron chi connectivity index (χ2n) is 4.78. The molecule has 1 amide bonds. The summed E-state index contributed by atoms with van der Waals surface area (Å²) in [5.74, 6) is 5.58. The van der Waals surface area contributed by atoms with E-state index in [2.05, 4.69) is 27.4 Å². The lowest BCUT2D eigenvalue weighted by Crippen LogP contribution is -2.27. The first-order valence-corrected chi connectivity index (χ1v) is 6.71. The number of H-pyrrole nitrogens is 1. The first kappa shape index (κ1) is 14.8. The fraction of sp³-hybridized carbons (Fsp3) is 0.250. The van der Waals surface area contributed by atoms with Gasteiger partial charge in [0.25, 0.3) is 5.91 Å². The van der Waals surface area contributed by atoms with E-state index >= 15 is 0 Å². The van der Waals surface area contributed by atoms with Gasteiger partial charge in [0.05, 0.1) is 24.3 Å². The number of aromatic amines is 1. The topological polar surface area (TPSA) is 83.8 Å². The van der Waals surface area contributed by atoms with Crippen molar-refractivity contribution in [3.05, 3.63) is 52.8 Å². The summed E-state index contributed by atoms with van der Waals surface area (Å²) in [7, 11) is 0. The van der Waals surface area contributed by atoms with Crippen LogP contribution in [0.25, 0.3) is 0 Å². The molecule has 0 bridgehead atoms. The molecule has 0 fully saturated rings. The van der Waals surface area contributed by atoms with Crippen LogP contribution in [0.4, 0.5) is 0 Å². The van der Waals surface area contributed by atoms with Crippen LogP contribution < -0.4 is 11.1 Å². The maximum Gasteiger partial charge on any atom is 0.253 e. The maximum absolute atomic E-state index is 12.4. The Balaban J connectivity index is 2.22. The number of hydrogen-bond acceptors (Lipinski definition) is 3. The molecular weight excluding hydrogens is 264 g/mol. The normalized spacial score (nSPS) is 11.4. The molecule has 1 aromatic carbocycles. The molecule has 1 aromatic heterocycles. The molecule has 0 saturated carbocycles. The minimum absolute atomic E-state index is 0.132. The molecule has 0 aliphatic rings. The number of carbonyl (C=O) groups excluding carboxylic acids is 1. The van der Waals surface area contributed by atoms with E-state index < -0.39 is 0 Å². The third-order valence-corrected chi connectivity index (χ3v) is 3.11. The molecule has 0 radical (unpaired) electrons. The summed E-state index contributed by atoms with van der Waals surface area (Å²) in [6, 6.07) is 5.44. The minimum atomic E-state index is -0.162. The summed E-state index contributed by atoms with van der Waals surface area (Å²) >= 11 is 0. The van der Waals surface area contributed by atoms with E-state index in [9.17, 15) is 4.79 Å². The van der Waals surface area contributed by atoms with Crippen molar-refractivity contribution in [2.75, 3.05) is 6.54 Å². The third-order valence-electron chi connectivity index (χ3n) is 3.11. The molecule has 4 N–H and O–H groups in total. The van der Waals surface area contributed by atoms with E-state index in [4.69, 9.17) is 5.73 Å². The summed E-state index contributed by atoms with van der Waals surface area (Å²) in [5, 5.41) is 9.55. The van der Waals surface area contributed by atoms with Gasteiger partial charge in [0, 0.05) is 17.3 Å². The van der Waals surface area contributed by atoms with Gasteiger partial charge in [0.2, 0.25) is 0 Å². The third kappa shape index (κ3) is 3.71. The zero-order valence-corrected chi connectivity index (χ0v) is 12.1. The van der Waals surface area contributed by atoms with Crippen LogP contribution >= 0.6 is 0 Å². The number of nitrogens with two attached hydrogens (primary N) is 1. The van der Waals surface area contributed by atoms with Crippen molar-refractivity contribution in [2.24, 2.45) is 5.73 Å². The van der Waals surface area contributed by atoms with Crippen molar-refractivity contribution in [3.8, 4) is 11.8 Å². The zero-order chi connectivity index (χ0) is 15.2. The van der Waals surface area contributed by atoms with Gasteiger partial charge >= 0.3 is 0 Å². The SMILES string of the molecule is Cc1ccc(C(=O)NC(C)c2cn[nH]c2)c(C#CCN)c1. The van der Waals surface area contributed by atoms with Crippen molar-refractivity contribution in [1.82, 2.24) is 15.5 Å². The number of hydrogen-bond donors (Lipinski definition) is 3. The Labute approximate surface area is 123 Å². The number of rotatable bonds is 3. The van der Waals surface area contributed by atoms with Crippen LogP contribution in [0, 0.1) is 18.8 Å². The van der Waals surface area contributed by atoms with Crippen LogP contribution in [-0.4, -0.2) is 22.6 Å². The van der Waals surface area contributed by atoms with Gasteiger partial charge < -0.3 is 11.1 Å². The van der Waals surface area contributed by atoms with Crippen molar-refractivity contribution in [1.29, 1.82) is 0 Å². The van der Waals surface area contributed by atoms with Crippen LogP contribution in [0.1, 0.15) is 40.0 Å². The van der Waals surface area contributed by atoms with Crippen molar-refractivity contribution < 1.29 is 4.79 Å². The number of nitrogens with one attached hydrogen (secondary N) is 2. The largest absolute Gasteiger partial charge is 0.345 e. The van der Waals surface area contributed by atoms with E-state index in [-0.39, 0.29) is 18.5 Å². The molecule has 0 aliphatic carbocycles. The number of aromatic nitrogens is 2. The Bertz CT molecular complexity index is 680. The summed E-state index contributed by atoms with van der Waals surface area (Å²) in [4.78, 5) is 12.4. The molecule has 0 spiro atoms. The second kappa shape index (κ2) is 6.73. The summed E-state index contributed by atoms with van der Waals surface area (Å²) in [6.45, 7) is 4.13. The standard InChI is InChI=1S/C16H18N4O/c1-11-5-6-15(13(8-11)4-3-7-17)16(21)20-12(2)14-9-18-19-10-14/h5-6,8-10,12H,7,17H2,1-2H3,(H,18,19)(H,20,21). The van der Waals surface area contributed by atoms with Gasteiger partial charge in [-0.25, -0.2) is 0 Å². The molecule has 2 aromatic rings. The Hall–Kier alpha value is -2.58. The van der Waals surface area contributed by atoms with Crippen molar-refractivity contribution in [3.63, 3.8) is 0 Å². The van der Waals surface area contributed by atoms with Gasteiger partial charge in [-0.05, 0) is 31.5 Å². The van der Waals surface area contributed by atoms with Crippen molar-refractivity contribution in [2.45, 2.75) is 19.9 Å². The number of benzene rings is 1. The second-order valence-corrected chi connectivity index (χ2v) is 4.78. The number of amides is 1. The average Bonchev–Trinajstić information content (AvgIpc) is 2.99. The molecule has 1 heterocycles. The van der Waals surface area contributed by atoms with Gasteiger partial charge in [0.1, 0.15) is 0 Å². The van der Waals surface area contributed by atoms with Gasteiger partial charge in [-0.3, -0.25) is 9.89 Å². The predicted molar refractivity (Wildman–Crippen MR) is 81.6 cm³/mol. The lowest BCUT2D eigenvalue weighted by atomic mass is 10.0. The van der Waals surface area contributed by atoms with Crippen molar-refractivity contribution >= 4 is 5.91 Å². The molecular formula is C16H18N4O. The van der Waals surface area contributed by atoms with E-state index in [1.54, 1.807) is 18.5 Å². The quantitative estimate of drug-likeness (QED) is 0.746. The highest BCUT2D eigenvalue weighted by Crippen LogP contribution is 2.14. The molecule has 1 unspecified atom stereocenters. The van der Waals surface area contributed by atoms with E-state index in [0.717, 1.165) is 11.1 Å². The summed E-state index contributed by atoms with van der Waals surface area (Å²) < 4.78 is 0. The highest BCUT2D eigenvalue weighted by molar-refractivity contribution is 5.97. The monoisotopic (exact) mass is 282 g/mol. The molecule has 0 aliphatic heterocycles. The Morgan fingerprint density at radius 3 is 3.00 bits per heavy atom. The molecule has 108 valence electrons. The highest BCUT2D eigenvalue weighted by atomic mass is 16.1. The first-order chi connectivity index (χ1) is 10.1. The Kier molecular flexibility index (Phi) is 4.75. The lowest BCUT2D eigenvalue weighted by Gasteiger charge is -2.13. The van der Waals surface area contributed by atoms with Crippen LogP contribution in [0.15, 0.2) is 30.6 Å². The first-order valence-electron chi connectivity index (χ1n) is 6.71. The van der Waals surface area contributed by atoms with E-state index in [1.165, 1.54) is 0 Å². The molecule has 21 heavy (non-hydrogen) atoms.